The van der Waals surface area contributed by atoms with Crippen molar-refractivity contribution in [3.8, 4) is 0 Å². The molecule has 3 N–H and O–H groups in total. The van der Waals surface area contributed by atoms with Gasteiger partial charge in [0.05, 0.1) is 0 Å². The van der Waals surface area contributed by atoms with Gasteiger partial charge in [-0.2, -0.15) is 0 Å². The number of rotatable bonds is 6. The highest BCUT2D eigenvalue weighted by molar-refractivity contribution is 5.96. The Labute approximate surface area is 160 Å². The van der Waals surface area contributed by atoms with Gasteiger partial charge in [-0.1, -0.05) is 42.5 Å². The van der Waals surface area contributed by atoms with Gasteiger partial charge in [-0.3, -0.25) is 4.79 Å². The molecule has 0 spiro atoms. The lowest BCUT2D eigenvalue weighted by molar-refractivity contribution is 0.101. The fourth-order valence-corrected chi connectivity index (χ4v) is 3.59. The second-order valence-electron chi connectivity index (χ2n) is 7.20. The molecule has 5 nitrogen and oxygen atoms in total. The molecule has 1 saturated heterocycles. The van der Waals surface area contributed by atoms with Crippen molar-refractivity contribution in [2.45, 2.75) is 32.2 Å². The van der Waals surface area contributed by atoms with E-state index in [0.29, 0.717) is 23.7 Å². The third kappa shape index (κ3) is 5.93. The number of benzene rings is 2. The van der Waals surface area contributed by atoms with Gasteiger partial charge in [-0.25, -0.2) is 4.79 Å². The molecule has 1 aliphatic heterocycles. The molecule has 0 radical (unpaired) electrons. The first kappa shape index (κ1) is 19.1. The fourth-order valence-electron chi connectivity index (χ4n) is 3.59. The van der Waals surface area contributed by atoms with Crippen LogP contribution in [-0.4, -0.2) is 30.9 Å². The smallest absolute Gasteiger partial charge is 0.319 e. The minimum Gasteiger partial charge on any atom is -0.336 e. The van der Waals surface area contributed by atoms with Crippen molar-refractivity contribution < 1.29 is 9.59 Å². The van der Waals surface area contributed by atoms with Crippen molar-refractivity contribution in [3.05, 3.63) is 65.7 Å². The van der Waals surface area contributed by atoms with E-state index < -0.39 is 0 Å². The number of urea groups is 1. The number of piperidine rings is 1. The summed E-state index contributed by atoms with van der Waals surface area (Å²) < 4.78 is 0. The van der Waals surface area contributed by atoms with Crippen LogP contribution in [0.5, 0.6) is 0 Å². The SMILES string of the molecule is CC(=O)c1cccc(NC(=O)NC[C@@H]2C[C@H](Cc3ccccc3)CCN2)c1. The van der Waals surface area contributed by atoms with E-state index >= 15 is 0 Å². The number of nitrogens with one attached hydrogen (secondary N) is 3. The van der Waals surface area contributed by atoms with Crippen LogP contribution in [0.4, 0.5) is 10.5 Å². The molecule has 1 heterocycles. The molecule has 2 aromatic carbocycles. The lowest BCUT2D eigenvalue weighted by atomic mass is 9.87. The van der Waals surface area contributed by atoms with Crippen LogP contribution in [0, 0.1) is 5.92 Å². The highest BCUT2D eigenvalue weighted by Gasteiger charge is 2.22. The van der Waals surface area contributed by atoms with Crippen LogP contribution < -0.4 is 16.0 Å². The summed E-state index contributed by atoms with van der Waals surface area (Å²) in [5, 5.41) is 9.23. The Balaban J connectivity index is 1.45. The Bertz CT molecular complexity index is 776. The molecule has 27 heavy (non-hydrogen) atoms. The number of amides is 2. The number of hydrogen-bond donors (Lipinski definition) is 3. The quantitative estimate of drug-likeness (QED) is 0.685. The minimum absolute atomic E-state index is 0.0186. The van der Waals surface area contributed by atoms with Gasteiger partial charge in [0, 0.05) is 23.8 Å². The molecule has 0 saturated carbocycles. The van der Waals surface area contributed by atoms with Crippen LogP contribution in [0.1, 0.15) is 35.7 Å². The van der Waals surface area contributed by atoms with Gasteiger partial charge in [0.25, 0.3) is 0 Å². The predicted octanol–water partition coefficient (Wildman–Crippen LogP) is 3.62. The van der Waals surface area contributed by atoms with Gasteiger partial charge in [-0.15, -0.1) is 0 Å². The first-order chi connectivity index (χ1) is 13.1. The van der Waals surface area contributed by atoms with E-state index in [-0.39, 0.29) is 17.9 Å². The summed E-state index contributed by atoms with van der Waals surface area (Å²) in [4.78, 5) is 23.6. The molecule has 2 aromatic rings. The van der Waals surface area contributed by atoms with Crippen LogP contribution in [0.15, 0.2) is 54.6 Å². The molecule has 2 atom stereocenters. The summed E-state index contributed by atoms with van der Waals surface area (Å²) in [5.41, 5.74) is 2.59. The van der Waals surface area contributed by atoms with Gasteiger partial charge in [0.1, 0.15) is 0 Å². The van der Waals surface area contributed by atoms with E-state index in [2.05, 4.69) is 40.2 Å². The summed E-state index contributed by atoms with van der Waals surface area (Å²) in [5.74, 6) is 0.616. The summed E-state index contributed by atoms with van der Waals surface area (Å²) in [6.07, 6.45) is 3.30. The monoisotopic (exact) mass is 365 g/mol. The van der Waals surface area contributed by atoms with Gasteiger partial charge in [-0.05, 0) is 56.3 Å². The van der Waals surface area contributed by atoms with E-state index in [1.54, 1.807) is 24.3 Å². The van der Waals surface area contributed by atoms with E-state index in [9.17, 15) is 9.59 Å². The summed E-state index contributed by atoms with van der Waals surface area (Å²) >= 11 is 0. The molecule has 1 fully saturated rings. The standard InChI is InChI=1S/C22H27N3O2/c1-16(26)19-8-5-9-20(14-19)25-22(27)24-15-21-13-18(10-11-23-21)12-17-6-3-2-4-7-17/h2-9,14,18,21,23H,10-13,15H2,1H3,(H2,24,25,27)/t18-,21-/m0/s1. The molecule has 0 aliphatic carbocycles. The Hall–Kier alpha value is -2.66. The normalized spacial score (nSPS) is 19.3. The second-order valence-corrected chi connectivity index (χ2v) is 7.20. The Morgan fingerprint density at radius 1 is 1.11 bits per heavy atom. The molecule has 142 valence electrons. The topological polar surface area (TPSA) is 70.2 Å². The molecular weight excluding hydrogens is 338 g/mol. The van der Waals surface area contributed by atoms with Gasteiger partial charge < -0.3 is 16.0 Å². The van der Waals surface area contributed by atoms with Crippen molar-refractivity contribution in [2.75, 3.05) is 18.4 Å². The number of Topliss-reactive ketones (excluding diaryl/α,β-unsaturated/α-hetero) is 1. The van der Waals surface area contributed by atoms with E-state index in [0.717, 1.165) is 25.8 Å². The van der Waals surface area contributed by atoms with Crippen molar-refractivity contribution in [2.24, 2.45) is 5.92 Å². The maximum atomic E-state index is 12.2. The average molecular weight is 365 g/mol. The van der Waals surface area contributed by atoms with Crippen molar-refractivity contribution >= 4 is 17.5 Å². The first-order valence-corrected chi connectivity index (χ1v) is 9.53. The van der Waals surface area contributed by atoms with Crippen molar-refractivity contribution in [1.29, 1.82) is 0 Å². The molecule has 0 bridgehead atoms. The molecule has 1 aliphatic rings. The Morgan fingerprint density at radius 3 is 2.70 bits per heavy atom. The third-order valence-electron chi connectivity index (χ3n) is 5.01. The van der Waals surface area contributed by atoms with Crippen LogP contribution in [0.3, 0.4) is 0 Å². The van der Waals surface area contributed by atoms with Crippen LogP contribution in [0.2, 0.25) is 0 Å². The lowest BCUT2D eigenvalue weighted by Crippen LogP contribution is -2.47. The highest BCUT2D eigenvalue weighted by Crippen LogP contribution is 2.21. The zero-order valence-electron chi connectivity index (χ0n) is 15.7. The molecule has 0 aromatic heterocycles. The predicted molar refractivity (Wildman–Crippen MR) is 108 cm³/mol. The second kappa shape index (κ2) is 9.33. The lowest BCUT2D eigenvalue weighted by Gasteiger charge is -2.30. The number of hydrogen-bond acceptors (Lipinski definition) is 3. The maximum absolute atomic E-state index is 12.2. The van der Waals surface area contributed by atoms with Crippen LogP contribution >= 0.6 is 0 Å². The van der Waals surface area contributed by atoms with Crippen LogP contribution in [0.25, 0.3) is 0 Å². The summed E-state index contributed by atoms with van der Waals surface area (Å²) in [6.45, 7) is 3.08. The Kier molecular flexibility index (Phi) is 6.60. The highest BCUT2D eigenvalue weighted by atomic mass is 16.2. The van der Waals surface area contributed by atoms with Crippen LogP contribution in [-0.2, 0) is 6.42 Å². The van der Waals surface area contributed by atoms with E-state index in [4.69, 9.17) is 0 Å². The Morgan fingerprint density at radius 2 is 1.93 bits per heavy atom. The van der Waals surface area contributed by atoms with Crippen molar-refractivity contribution in [1.82, 2.24) is 10.6 Å². The minimum atomic E-state index is -0.248. The van der Waals surface area contributed by atoms with Gasteiger partial charge in [0.15, 0.2) is 5.78 Å². The van der Waals surface area contributed by atoms with E-state index in [1.807, 2.05) is 6.07 Å². The number of carbonyl (C=O) groups is 2. The van der Waals surface area contributed by atoms with Crippen molar-refractivity contribution in [3.63, 3.8) is 0 Å². The molecule has 3 rings (SSSR count). The molecule has 5 heteroatoms. The van der Waals surface area contributed by atoms with Gasteiger partial charge >= 0.3 is 6.03 Å². The summed E-state index contributed by atoms with van der Waals surface area (Å²) in [6, 6.07) is 17.6. The molecule has 0 unspecified atom stereocenters. The zero-order chi connectivity index (χ0) is 19.1. The average Bonchev–Trinajstić information content (AvgIpc) is 2.68. The number of carbonyl (C=O) groups excluding carboxylic acids is 2. The first-order valence-electron chi connectivity index (χ1n) is 9.53. The largest absolute Gasteiger partial charge is 0.336 e. The maximum Gasteiger partial charge on any atom is 0.319 e. The molecule has 2 amide bonds. The zero-order valence-corrected chi connectivity index (χ0v) is 15.7. The number of anilines is 1. The molecular formula is C22H27N3O2. The fraction of sp³-hybridized carbons (Fsp3) is 0.364. The van der Waals surface area contributed by atoms with E-state index in [1.165, 1.54) is 12.5 Å². The van der Waals surface area contributed by atoms with Gasteiger partial charge in [0.2, 0.25) is 0 Å². The summed E-state index contributed by atoms with van der Waals surface area (Å²) in [7, 11) is 0. The number of ketones is 1. The third-order valence-corrected chi connectivity index (χ3v) is 5.01.